The van der Waals surface area contributed by atoms with Crippen LogP contribution < -0.4 is 10.5 Å². The third-order valence-corrected chi connectivity index (χ3v) is 5.42. The van der Waals surface area contributed by atoms with Crippen LogP contribution in [0.5, 0.6) is 0 Å². The highest BCUT2D eigenvalue weighted by Crippen LogP contribution is 2.30. The number of hydrogen-bond donors (Lipinski definition) is 2. The van der Waals surface area contributed by atoms with Gasteiger partial charge in [0.25, 0.3) is 10.2 Å². The molecule has 6 heteroatoms. The van der Waals surface area contributed by atoms with E-state index >= 15 is 0 Å². The van der Waals surface area contributed by atoms with Crippen molar-refractivity contribution in [1.82, 2.24) is 9.03 Å². The van der Waals surface area contributed by atoms with Gasteiger partial charge in [-0.05, 0) is 31.2 Å². The van der Waals surface area contributed by atoms with Crippen LogP contribution >= 0.6 is 0 Å². The minimum Gasteiger partial charge on any atom is -0.330 e. The lowest BCUT2D eigenvalue weighted by Crippen LogP contribution is -2.43. The summed E-state index contributed by atoms with van der Waals surface area (Å²) >= 11 is 0. The maximum Gasteiger partial charge on any atom is 0.279 e. The molecule has 1 aliphatic carbocycles. The summed E-state index contributed by atoms with van der Waals surface area (Å²) in [7, 11) is -3.30. The molecule has 1 saturated carbocycles. The molecule has 5 nitrogen and oxygen atoms in total. The summed E-state index contributed by atoms with van der Waals surface area (Å²) in [6, 6.07) is 0. The van der Waals surface area contributed by atoms with Crippen LogP contribution in [0.25, 0.3) is 0 Å². The topological polar surface area (TPSA) is 75.4 Å². The van der Waals surface area contributed by atoms with Gasteiger partial charge in [-0.3, -0.25) is 0 Å². The van der Waals surface area contributed by atoms with Crippen molar-refractivity contribution in [3.8, 4) is 0 Å². The van der Waals surface area contributed by atoms with Gasteiger partial charge in [0.05, 0.1) is 0 Å². The smallest absolute Gasteiger partial charge is 0.279 e. The lowest BCUT2D eigenvalue weighted by Gasteiger charge is -2.22. The van der Waals surface area contributed by atoms with Gasteiger partial charge < -0.3 is 5.73 Å². The Bertz CT molecular complexity index is 315. The molecule has 0 spiro atoms. The quantitative estimate of drug-likeness (QED) is 0.704. The highest BCUT2D eigenvalue weighted by molar-refractivity contribution is 7.87. The van der Waals surface area contributed by atoms with Gasteiger partial charge in [-0.15, -0.1) is 0 Å². The van der Waals surface area contributed by atoms with Gasteiger partial charge in [-0.2, -0.15) is 12.7 Å². The number of rotatable bonds is 7. The SMILES string of the molecule is CCN(CC)S(=O)(=O)NCC1CCCC1CN. The van der Waals surface area contributed by atoms with Gasteiger partial charge in [0, 0.05) is 19.6 Å². The first-order valence-corrected chi connectivity index (χ1v) is 7.93. The molecule has 0 heterocycles. The molecule has 0 aliphatic heterocycles. The summed E-state index contributed by atoms with van der Waals surface area (Å²) in [6.07, 6.45) is 3.39. The van der Waals surface area contributed by atoms with E-state index < -0.39 is 10.2 Å². The van der Waals surface area contributed by atoms with E-state index in [-0.39, 0.29) is 0 Å². The number of nitrogens with two attached hydrogens (primary N) is 1. The second-order valence-corrected chi connectivity index (χ2v) is 6.38. The maximum absolute atomic E-state index is 11.9. The van der Waals surface area contributed by atoms with Crippen molar-refractivity contribution in [2.75, 3.05) is 26.2 Å². The van der Waals surface area contributed by atoms with Gasteiger partial charge in [0.2, 0.25) is 0 Å². The molecule has 102 valence electrons. The van der Waals surface area contributed by atoms with Crippen LogP contribution in [0, 0.1) is 11.8 Å². The molecule has 17 heavy (non-hydrogen) atoms. The second kappa shape index (κ2) is 6.68. The van der Waals surface area contributed by atoms with E-state index in [4.69, 9.17) is 5.73 Å². The van der Waals surface area contributed by atoms with Crippen molar-refractivity contribution in [3.05, 3.63) is 0 Å². The summed E-state index contributed by atoms with van der Waals surface area (Å²) in [5.74, 6) is 0.889. The molecule has 1 fully saturated rings. The lowest BCUT2D eigenvalue weighted by molar-refractivity contribution is 0.380. The molecule has 1 aliphatic rings. The first kappa shape index (κ1) is 14.9. The van der Waals surface area contributed by atoms with Crippen LogP contribution in [0.2, 0.25) is 0 Å². The lowest BCUT2D eigenvalue weighted by atomic mass is 9.97. The van der Waals surface area contributed by atoms with Gasteiger partial charge in [0.1, 0.15) is 0 Å². The molecule has 0 bridgehead atoms. The van der Waals surface area contributed by atoms with Crippen molar-refractivity contribution in [3.63, 3.8) is 0 Å². The van der Waals surface area contributed by atoms with Crippen LogP contribution in [0.15, 0.2) is 0 Å². The van der Waals surface area contributed by atoms with Crippen LogP contribution in [-0.4, -0.2) is 38.9 Å². The molecule has 2 unspecified atom stereocenters. The van der Waals surface area contributed by atoms with E-state index in [0.717, 1.165) is 12.8 Å². The van der Waals surface area contributed by atoms with Crippen molar-refractivity contribution in [2.24, 2.45) is 17.6 Å². The van der Waals surface area contributed by atoms with Gasteiger partial charge >= 0.3 is 0 Å². The Balaban J connectivity index is 2.49. The first-order chi connectivity index (χ1) is 8.05. The van der Waals surface area contributed by atoms with E-state index in [1.807, 2.05) is 13.8 Å². The van der Waals surface area contributed by atoms with Gasteiger partial charge in [-0.25, -0.2) is 4.72 Å². The highest BCUT2D eigenvalue weighted by atomic mass is 32.2. The van der Waals surface area contributed by atoms with Crippen molar-refractivity contribution < 1.29 is 8.42 Å². The minimum absolute atomic E-state index is 0.408. The van der Waals surface area contributed by atoms with E-state index in [1.54, 1.807) is 0 Å². The number of nitrogens with one attached hydrogen (secondary N) is 1. The average Bonchev–Trinajstić information content (AvgIpc) is 2.75. The molecule has 0 aromatic carbocycles. The molecule has 0 radical (unpaired) electrons. The van der Waals surface area contributed by atoms with E-state index in [1.165, 1.54) is 10.7 Å². The van der Waals surface area contributed by atoms with Crippen LogP contribution in [-0.2, 0) is 10.2 Å². The largest absolute Gasteiger partial charge is 0.330 e. The molecule has 0 aromatic heterocycles. The van der Waals surface area contributed by atoms with Crippen LogP contribution in [0.4, 0.5) is 0 Å². The number of nitrogens with zero attached hydrogens (tertiary/aromatic N) is 1. The molecular weight excluding hydrogens is 238 g/mol. The standard InChI is InChI=1S/C11H25N3O2S/c1-3-14(4-2)17(15,16)13-9-11-7-5-6-10(11)8-12/h10-11,13H,3-9,12H2,1-2H3. The van der Waals surface area contributed by atoms with Crippen molar-refractivity contribution in [1.29, 1.82) is 0 Å². The number of hydrogen-bond acceptors (Lipinski definition) is 3. The zero-order valence-electron chi connectivity index (χ0n) is 10.9. The third kappa shape index (κ3) is 3.91. The summed E-state index contributed by atoms with van der Waals surface area (Å²) < 4.78 is 28.0. The first-order valence-electron chi connectivity index (χ1n) is 6.49. The molecule has 2 atom stereocenters. The zero-order chi connectivity index (χ0) is 12.9. The maximum atomic E-state index is 11.9. The van der Waals surface area contributed by atoms with Crippen LogP contribution in [0.3, 0.4) is 0 Å². The third-order valence-electron chi connectivity index (χ3n) is 3.69. The van der Waals surface area contributed by atoms with Gasteiger partial charge in [-0.1, -0.05) is 20.3 Å². The molecule has 0 amide bonds. The van der Waals surface area contributed by atoms with Crippen molar-refractivity contribution >= 4 is 10.2 Å². The summed E-state index contributed by atoms with van der Waals surface area (Å²) in [6.45, 7) is 5.91. The monoisotopic (exact) mass is 263 g/mol. The average molecular weight is 263 g/mol. The summed E-state index contributed by atoms with van der Waals surface area (Å²) in [5.41, 5.74) is 5.69. The second-order valence-electron chi connectivity index (χ2n) is 4.62. The highest BCUT2D eigenvalue weighted by Gasteiger charge is 2.28. The van der Waals surface area contributed by atoms with E-state index in [2.05, 4.69) is 4.72 Å². The summed E-state index contributed by atoms with van der Waals surface area (Å²) in [4.78, 5) is 0. The fourth-order valence-corrected chi connectivity index (χ4v) is 3.85. The molecular formula is C11H25N3O2S. The predicted octanol–water partition coefficient (Wildman–Crippen LogP) is 0.538. The molecule has 0 saturated heterocycles. The molecule has 0 aromatic rings. The van der Waals surface area contributed by atoms with E-state index in [0.29, 0.717) is 38.0 Å². The van der Waals surface area contributed by atoms with Crippen molar-refractivity contribution in [2.45, 2.75) is 33.1 Å². The van der Waals surface area contributed by atoms with Gasteiger partial charge in [0.15, 0.2) is 0 Å². The normalized spacial score (nSPS) is 25.6. The minimum atomic E-state index is -3.30. The van der Waals surface area contributed by atoms with E-state index in [9.17, 15) is 8.42 Å². The molecule has 3 N–H and O–H groups in total. The Morgan fingerprint density at radius 3 is 2.35 bits per heavy atom. The Morgan fingerprint density at radius 1 is 1.24 bits per heavy atom. The fourth-order valence-electron chi connectivity index (χ4n) is 2.56. The predicted molar refractivity (Wildman–Crippen MR) is 69.7 cm³/mol. The Morgan fingerprint density at radius 2 is 1.82 bits per heavy atom. The fraction of sp³-hybridized carbons (Fsp3) is 1.00. The Labute approximate surface area is 105 Å². The summed E-state index contributed by atoms with van der Waals surface area (Å²) in [5, 5.41) is 0. The Hall–Kier alpha value is -0.170. The zero-order valence-corrected chi connectivity index (χ0v) is 11.7. The Kier molecular flexibility index (Phi) is 5.85. The molecule has 1 rings (SSSR count). The van der Waals surface area contributed by atoms with Crippen LogP contribution in [0.1, 0.15) is 33.1 Å².